The first-order chi connectivity index (χ1) is 8.58. The van der Waals surface area contributed by atoms with E-state index < -0.39 is 0 Å². The normalized spacial score (nSPS) is 23.7. The van der Waals surface area contributed by atoms with Crippen molar-refractivity contribution in [3.8, 4) is 5.75 Å². The molecule has 0 amide bonds. The van der Waals surface area contributed by atoms with Crippen LogP contribution in [0.1, 0.15) is 18.9 Å². The molecule has 1 aliphatic heterocycles. The smallest absolute Gasteiger partial charge is 0.311 e. The Morgan fingerprint density at radius 1 is 1.50 bits per heavy atom. The standard InChI is InChI=1S/C13H18N2O3/c1-9-3-4-12(11(7-9)15(16)17)18-13-8-14-6-5-10(13)2/h3-4,7,10,13-14H,5-6,8H2,1-2H3. The van der Waals surface area contributed by atoms with Crippen molar-refractivity contribution in [3.63, 3.8) is 0 Å². The quantitative estimate of drug-likeness (QED) is 0.660. The number of nitro groups is 1. The molecule has 0 saturated carbocycles. The molecule has 0 spiro atoms. The lowest BCUT2D eigenvalue weighted by Crippen LogP contribution is -2.42. The highest BCUT2D eigenvalue weighted by Crippen LogP contribution is 2.30. The molecule has 18 heavy (non-hydrogen) atoms. The highest BCUT2D eigenvalue weighted by molar-refractivity contribution is 5.48. The Hall–Kier alpha value is -1.62. The van der Waals surface area contributed by atoms with Gasteiger partial charge in [-0.25, -0.2) is 0 Å². The minimum absolute atomic E-state index is 0.000145. The summed E-state index contributed by atoms with van der Waals surface area (Å²) in [5, 5.41) is 14.3. The number of aryl methyl sites for hydroxylation is 1. The number of nitrogens with one attached hydrogen (secondary N) is 1. The molecule has 0 radical (unpaired) electrons. The van der Waals surface area contributed by atoms with Crippen molar-refractivity contribution in [3.05, 3.63) is 33.9 Å². The summed E-state index contributed by atoms with van der Waals surface area (Å²) >= 11 is 0. The molecule has 1 aromatic rings. The van der Waals surface area contributed by atoms with Crippen LogP contribution in [0.4, 0.5) is 5.69 Å². The van der Waals surface area contributed by atoms with Crippen LogP contribution in [0.15, 0.2) is 18.2 Å². The highest BCUT2D eigenvalue weighted by Gasteiger charge is 2.25. The summed E-state index contributed by atoms with van der Waals surface area (Å²) in [7, 11) is 0. The monoisotopic (exact) mass is 250 g/mol. The summed E-state index contributed by atoms with van der Waals surface area (Å²) < 4.78 is 5.81. The second-order valence-electron chi connectivity index (χ2n) is 4.85. The molecule has 0 aliphatic carbocycles. The molecule has 1 N–H and O–H groups in total. The number of nitrogens with zero attached hydrogens (tertiary/aromatic N) is 1. The molecule has 2 atom stereocenters. The van der Waals surface area contributed by atoms with Gasteiger partial charge in [-0.15, -0.1) is 0 Å². The highest BCUT2D eigenvalue weighted by atomic mass is 16.6. The van der Waals surface area contributed by atoms with E-state index in [-0.39, 0.29) is 16.7 Å². The van der Waals surface area contributed by atoms with Crippen LogP contribution >= 0.6 is 0 Å². The van der Waals surface area contributed by atoms with Crippen LogP contribution < -0.4 is 10.1 Å². The number of ether oxygens (including phenoxy) is 1. The van der Waals surface area contributed by atoms with Gasteiger partial charge in [0.2, 0.25) is 0 Å². The van der Waals surface area contributed by atoms with Gasteiger partial charge in [0.15, 0.2) is 5.75 Å². The molecule has 2 rings (SSSR count). The minimum atomic E-state index is -0.386. The molecule has 5 nitrogen and oxygen atoms in total. The maximum absolute atomic E-state index is 11.0. The summed E-state index contributed by atoms with van der Waals surface area (Å²) in [6.45, 7) is 5.68. The fourth-order valence-corrected chi connectivity index (χ4v) is 2.15. The van der Waals surface area contributed by atoms with Crippen LogP contribution in [0, 0.1) is 23.0 Å². The Kier molecular flexibility index (Phi) is 3.81. The third-order valence-corrected chi connectivity index (χ3v) is 3.35. The van der Waals surface area contributed by atoms with Gasteiger partial charge in [-0.05, 0) is 37.4 Å². The third-order valence-electron chi connectivity index (χ3n) is 3.35. The van der Waals surface area contributed by atoms with Crippen LogP contribution in [0.25, 0.3) is 0 Å². The number of benzene rings is 1. The summed E-state index contributed by atoms with van der Waals surface area (Å²) in [6, 6.07) is 5.08. The molecule has 0 bridgehead atoms. The Bertz CT molecular complexity index is 448. The van der Waals surface area contributed by atoms with Gasteiger partial charge in [0.25, 0.3) is 0 Å². The molecular formula is C13H18N2O3. The van der Waals surface area contributed by atoms with Crippen molar-refractivity contribution in [2.75, 3.05) is 13.1 Å². The summed E-state index contributed by atoms with van der Waals surface area (Å²) in [4.78, 5) is 10.6. The van der Waals surface area contributed by atoms with Gasteiger partial charge < -0.3 is 10.1 Å². The molecule has 1 heterocycles. The number of rotatable bonds is 3. The van der Waals surface area contributed by atoms with Crippen LogP contribution in [0.2, 0.25) is 0 Å². The maximum atomic E-state index is 11.0. The van der Waals surface area contributed by atoms with Gasteiger partial charge in [-0.2, -0.15) is 0 Å². The third kappa shape index (κ3) is 2.79. The van der Waals surface area contributed by atoms with E-state index in [2.05, 4.69) is 12.2 Å². The predicted molar refractivity (Wildman–Crippen MR) is 68.9 cm³/mol. The molecule has 98 valence electrons. The summed E-state index contributed by atoms with van der Waals surface area (Å²) in [6.07, 6.45) is 1.03. The summed E-state index contributed by atoms with van der Waals surface area (Å²) in [5.74, 6) is 0.776. The molecule has 1 fully saturated rings. The van der Waals surface area contributed by atoms with E-state index in [4.69, 9.17) is 4.74 Å². The maximum Gasteiger partial charge on any atom is 0.311 e. The van der Waals surface area contributed by atoms with Crippen molar-refractivity contribution in [1.82, 2.24) is 5.32 Å². The fraction of sp³-hybridized carbons (Fsp3) is 0.538. The van der Waals surface area contributed by atoms with E-state index in [1.54, 1.807) is 12.1 Å². The van der Waals surface area contributed by atoms with Crippen molar-refractivity contribution >= 4 is 5.69 Å². The molecular weight excluding hydrogens is 232 g/mol. The molecule has 5 heteroatoms. The van der Waals surface area contributed by atoms with Gasteiger partial charge >= 0.3 is 5.69 Å². The average Bonchev–Trinajstić information content (AvgIpc) is 2.34. The van der Waals surface area contributed by atoms with Gasteiger partial charge in [0.1, 0.15) is 6.10 Å². The number of nitro benzene ring substituents is 1. The first-order valence-electron chi connectivity index (χ1n) is 6.20. The lowest BCUT2D eigenvalue weighted by atomic mass is 9.97. The van der Waals surface area contributed by atoms with Crippen molar-refractivity contribution < 1.29 is 9.66 Å². The van der Waals surface area contributed by atoms with Crippen LogP contribution in [-0.2, 0) is 0 Å². The lowest BCUT2D eigenvalue weighted by Gasteiger charge is -2.29. The van der Waals surface area contributed by atoms with E-state index in [9.17, 15) is 10.1 Å². The Balaban J connectivity index is 2.20. The Morgan fingerprint density at radius 3 is 2.94 bits per heavy atom. The zero-order chi connectivity index (χ0) is 13.1. The average molecular weight is 250 g/mol. The zero-order valence-corrected chi connectivity index (χ0v) is 10.7. The zero-order valence-electron chi connectivity index (χ0n) is 10.7. The van der Waals surface area contributed by atoms with Crippen molar-refractivity contribution in [1.29, 1.82) is 0 Å². The van der Waals surface area contributed by atoms with E-state index >= 15 is 0 Å². The number of hydrogen-bond donors (Lipinski definition) is 1. The van der Waals surface area contributed by atoms with Gasteiger partial charge in [-0.1, -0.05) is 13.0 Å². The second-order valence-corrected chi connectivity index (χ2v) is 4.85. The lowest BCUT2D eigenvalue weighted by molar-refractivity contribution is -0.386. The molecule has 1 aliphatic rings. The molecule has 1 saturated heterocycles. The molecule has 2 unspecified atom stereocenters. The fourth-order valence-electron chi connectivity index (χ4n) is 2.15. The van der Waals surface area contributed by atoms with Gasteiger partial charge in [0, 0.05) is 12.6 Å². The van der Waals surface area contributed by atoms with E-state index in [1.165, 1.54) is 0 Å². The molecule has 1 aromatic carbocycles. The first kappa shape index (κ1) is 12.8. The minimum Gasteiger partial charge on any atom is -0.482 e. The Labute approximate surface area is 106 Å². The van der Waals surface area contributed by atoms with Crippen LogP contribution in [-0.4, -0.2) is 24.1 Å². The van der Waals surface area contributed by atoms with Gasteiger partial charge in [0.05, 0.1) is 4.92 Å². The van der Waals surface area contributed by atoms with Crippen molar-refractivity contribution in [2.24, 2.45) is 5.92 Å². The van der Waals surface area contributed by atoms with E-state index in [0.717, 1.165) is 25.1 Å². The second kappa shape index (κ2) is 5.35. The van der Waals surface area contributed by atoms with Crippen LogP contribution in [0.5, 0.6) is 5.75 Å². The summed E-state index contributed by atoms with van der Waals surface area (Å²) in [5.41, 5.74) is 0.914. The number of piperidine rings is 1. The van der Waals surface area contributed by atoms with E-state index in [1.807, 2.05) is 13.0 Å². The van der Waals surface area contributed by atoms with Crippen LogP contribution in [0.3, 0.4) is 0 Å². The first-order valence-corrected chi connectivity index (χ1v) is 6.20. The van der Waals surface area contributed by atoms with Crippen molar-refractivity contribution in [2.45, 2.75) is 26.4 Å². The topological polar surface area (TPSA) is 64.4 Å². The SMILES string of the molecule is Cc1ccc(OC2CNCCC2C)c([N+](=O)[O-])c1. The predicted octanol–water partition coefficient (Wildman–Crippen LogP) is 2.28. The van der Waals surface area contributed by atoms with E-state index in [0.29, 0.717) is 11.7 Å². The number of hydrogen-bond acceptors (Lipinski definition) is 4. The molecule has 0 aromatic heterocycles. The Morgan fingerprint density at radius 2 is 2.28 bits per heavy atom. The largest absolute Gasteiger partial charge is 0.482 e. The van der Waals surface area contributed by atoms with Gasteiger partial charge in [-0.3, -0.25) is 10.1 Å².